The van der Waals surface area contributed by atoms with Crippen molar-refractivity contribution in [2.45, 2.75) is 45.4 Å². The van der Waals surface area contributed by atoms with Gasteiger partial charge in [-0.2, -0.15) is 0 Å². The summed E-state index contributed by atoms with van der Waals surface area (Å²) in [4.78, 5) is 4.69. The number of aryl methyl sites for hydroxylation is 2. The van der Waals surface area contributed by atoms with E-state index >= 15 is 0 Å². The van der Waals surface area contributed by atoms with E-state index in [-0.39, 0.29) is 0 Å². The van der Waals surface area contributed by atoms with E-state index in [1.807, 2.05) is 11.8 Å². The zero-order valence-electron chi connectivity index (χ0n) is 11.2. The Bertz CT molecular complexity index is 462. The Labute approximate surface area is 122 Å². The lowest BCUT2D eigenvalue weighted by molar-refractivity contribution is 0.661. The van der Waals surface area contributed by atoms with Gasteiger partial charge >= 0.3 is 0 Å². The summed E-state index contributed by atoms with van der Waals surface area (Å²) in [6, 6.07) is 4.69. The van der Waals surface area contributed by atoms with Gasteiger partial charge in [-0.25, -0.2) is 0 Å². The fraction of sp³-hybridized carbons (Fsp3) is 0.500. The fourth-order valence-corrected chi connectivity index (χ4v) is 4.12. The van der Waals surface area contributed by atoms with Gasteiger partial charge in [-0.15, -0.1) is 0 Å². The van der Waals surface area contributed by atoms with Gasteiger partial charge in [0.05, 0.1) is 6.04 Å². The molecule has 1 aliphatic heterocycles. The normalized spacial score (nSPS) is 23.7. The highest BCUT2D eigenvalue weighted by Crippen LogP contribution is 2.30. The highest BCUT2D eigenvalue weighted by molar-refractivity contribution is 9.10. The molecule has 1 N–H and O–H groups in total. The van der Waals surface area contributed by atoms with Crippen LogP contribution in [0.4, 0.5) is 5.69 Å². The molecule has 1 aromatic rings. The molecule has 0 aromatic heterocycles. The average molecular weight is 327 g/mol. The molecule has 2 nitrogen and oxygen atoms in total. The molecule has 0 aliphatic carbocycles. The minimum absolute atomic E-state index is 0.416. The third-order valence-corrected chi connectivity index (χ3v) is 4.54. The van der Waals surface area contributed by atoms with Gasteiger partial charge in [0.1, 0.15) is 0 Å². The number of anilines is 1. The summed E-state index contributed by atoms with van der Waals surface area (Å²) in [5.41, 5.74) is 3.68. The number of halogens is 1. The lowest BCUT2D eigenvalue weighted by Gasteiger charge is -2.24. The molecule has 1 aromatic carbocycles. The van der Waals surface area contributed by atoms with Crippen molar-refractivity contribution in [1.82, 2.24) is 0 Å². The minimum Gasteiger partial charge on any atom is -0.335 e. The Balaban J connectivity index is 2.24. The number of thioether (sulfide) groups is 1. The molecule has 18 heavy (non-hydrogen) atoms. The first-order chi connectivity index (χ1) is 8.45. The van der Waals surface area contributed by atoms with E-state index in [1.165, 1.54) is 16.8 Å². The van der Waals surface area contributed by atoms with Gasteiger partial charge in [0, 0.05) is 15.4 Å². The van der Waals surface area contributed by atoms with Gasteiger partial charge in [0.25, 0.3) is 0 Å². The molecule has 0 bridgehead atoms. The predicted octanol–water partition coefficient (Wildman–Crippen LogP) is 4.75. The molecule has 0 spiro atoms. The Morgan fingerprint density at radius 1 is 1.28 bits per heavy atom. The van der Waals surface area contributed by atoms with Crippen molar-refractivity contribution in [2.75, 3.05) is 5.32 Å². The summed E-state index contributed by atoms with van der Waals surface area (Å²) >= 11 is 5.36. The highest BCUT2D eigenvalue weighted by atomic mass is 79.9. The molecule has 0 saturated carbocycles. The SMILES string of the molecule is Cc1cc(Br)cc(C)c1NC1=NC(C)CC(C)S1. The van der Waals surface area contributed by atoms with Crippen LogP contribution in [0.5, 0.6) is 0 Å². The number of rotatable bonds is 1. The van der Waals surface area contributed by atoms with E-state index in [2.05, 4.69) is 66.1 Å². The Hall–Kier alpha value is -0.480. The van der Waals surface area contributed by atoms with Crippen LogP contribution in [-0.2, 0) is 0 Å². The van der Waals surface area contributed by atoms with Crippen molar-refractivity contribution in [1.29, 1.82) is 0 Å². The maximum atomic E-state index is 4.69. The van der Waals surface area contributed by atoms with Crippen LogP contribution in [0.15, 0.2) is 21.6 Å². The van der Waals surface area contributed by atoms with Crippen molar-refractivity contribution in [3.63, 3.8) is 0 Å². The van der Waals surface area contributed by atoms with Gasteiger partial charge in [-0.05, 0) is 50.5 Å². The maximum absolute atomic E-state index is 4.69. The third-order valence-electron chi connectivity index (χ3n) is 3.05. The summed E-state index contributed by atoms with van der Waals surface area (Å²) in [7, 11) is 0. The standard InChI is InChI=1S/C14H19BrN2S/c1-8-5-12(15)6-9(2)13(8)17-14-16-10(3)7-11(4)18-14/h5-6,10-11H,7H2,1-4H3,(H,16,17). The van der Waals surface area contributed by atoms with E-state index in [4.69, 9.17) is 0 Å². The minimum atomic E-state index is 0.416. The number of benzene rings is 1. The van der Waals surface area contributed by atoms with E-state index in [0.717, 1.165) is 16.1 Å². The van der Waals surface area contributed by atoms with Crippen molar-refractivity contribution in [3.05, 3.63) is 27.7 Å². The van der Waals surface area contributed by atoms with E-state index < -0.39 is 0 Å². The van der Waals surface area contributed by atoms with Gasteiger partial charge in [0.2, 0.25) is 0 Å². The number of hydrogen-bond donors (Lipinski definition) is 1. The number of hydrogen-bond acceptors (Lipinski definition) is 3. The van der Waals surface area contributed by atoms with E-state index in [9.17, 15) is 0 Å². The molecule has 2 atom stereocenters. The summed E-state index contributed by atoms with van der Waals surface area (Å²) < 4.78 is 1.13. The lowest BCUT2D eigenvalue weighted by Crippen LogP contribution is -2.23. The molecular formula is C14H19BrN2S. The number of amidine groups is 1. The maximum Gasteiger partial charge on any atom is 0.161 e. The molecule has 1 aliphatic rings. The van der Waals surface area contributed by atoms with Gasteiger partial charge in [-0.3, -0.25) is 4.99 Å². The van der Waals surface area contributed by atoms with Crippen molar-refractivity contribution in [2.24, 2.45) is 4.99 Å². The number of nitrogens with one attached hydrogen (secondary N) is 1. The molecule has 4 heteroatoms. The molecule has 0 saturated heterocycles. The topological polar surface area (TPSA) is 24.4 Å². The smallest absolute Gasteiger partial charge is 0.161 e. The predicted molar refractivity (Wildman–Crippen MR) is 85.8 cm³/mol. The molecule has 2 rings (SSSR count). The molecule has 0 amide bonds. The Kier molecular flexibility index (Phi) is 4.38. The Morgan fingerprint density at radius 2 is 1.89 bits per heavy atom. The quantitative estimate of drug-likeness (QED) is 0.805. The number of nitrogens with zero attached hydrogens (tertiary/aromatic N) is 1. The zero-order chi connectivity index (χ0) is 13.3. The van der Waals surface area contributed by atoms with Crippen LogP contribution in [0, 0.1) is 13.8 Å². The monoisotopic (exact) mass is 326 g/mol. The molecule has 2 unspecified atom stereocenters. The zero-order valence-corrected chi connectivity index (χ0v) is 13.7. The average Bonchev–Trinajstić information content (AvgIpc) is 2.22. The molecule has 0 radical (unpaired) electrons. The van der Waals surface area contributed by atoms with Gasteiger partial charge in [-0.1, -0.05) is 34.6 Å². The lowest BCUT2D eigenvalue weighted by atomic mass is 10.1. The van der Waals surface area contributed by atoms with Crippen LogP contribution in [0.3, 0.4) is 0 Å². The third kappa shape index (κ3) is 3.29. The van der Waals surface area contributed by atoms with E-state index in [0.29, 0.717) is 11.3 Å². The molecule has 98 valence electrons. The van der Waals surface area contributed by atoms with Crippen LogP contribution in [-0.4, -0.2) is 16.5 Å². The largest absolute Gasteiger partial charge is 0.335 e. The second-order valence-electron chi connectivity index (χ2n) is 4.99. The first kappa shape index (κ1) is 13.9. The van der Waals surface area contributed by atoms with Crippen molar-refractivity contribution < 1.29 is 0 Å². The van der Waals surface area contributed by atoms with Gasteiger partial charge in [0.15, 0.2) is 5.17 Å². The molecule has 1 heterocycles. The second-order valence-corrected chi connectivity index (χ2v) is 7.33. The van der Waals surface area contributed by atoms with Crippen LogP contribution in [0.25, 0.3) is 0 Å². The fourth-order valence-electron chi connectivity index (χ4n) is 2.28. The number of aliphatic imine (C=N–C) groups is 1. The van der Waals surface area contributed by atoms with Crippen LogP contribution in [0.1, 0.15) is 31.4 Å². The summed E-state index contributed by atoms with van der Waals surface area (Å²) in [5.74, 6) is 0. The second kappa shape index (κ2) is 5.66. The highest BCUT2D eigenvalue weighted by Gasteiger charge is 2.19. The van der Waals surface area contributed by atoms with Crippen molar-refractivity contribution >= 4 is 38.5 Å². The van der Waals surface area contributed by atoms with Crippen LogP contribution in [0.2, 0.25) is 0 Å². The summed E-state index contributed by atoms with van der Waals surface area (Å²) in [6.07, 6.45) is 1.16. The summed E-state index contributed by atoms with van der Waals surface area (Å²) in [5, 5.41) is 5.18. The molecule has 0 fully saturated rings. The van der Waals surface area contributed by atoms with Crippen LogP contribution < -0.4 is 5.32 Å². The van der Waals surface area contributed by atoms with Crippen molar-refractivity contribution in [3.8, 4) is 0 Å². The first-order valence-corrected chi connectivity index (χ1v) is 7.91. The first-order valence-electron chi connectivity index (χ1n) is 6.24. The molecular weight excluding hydrogens is 308 g/mol. The summed E-state index contributed by atoms with van der Waals surface area (Å²) in [6.45, 7) is 8.69. The van der Waals surface area contributed by atoms with Crippen LogP contribution >= 0.6 is 27.7 Å². The van der Waals surface area contributed by atoms with E-state index in [1.54, 1.807) is 0 Å². The van der Waals surface area contributed by atoms with Gasteiger partial charge < -0.3 is 5.32 Å². The Morgan fingerprint density at radius 3 is 2.44 bits per heavy atom.